The van der Waals surface area contributed by atoms with E-state index in [2.05, 4.69) is 17.9 Å². The minimum Gasteiger partial charge on any atom is -0.493 e. The number of nitrogens with two attached hydrogens (primary N) is 1. The van der Waals surface area contributed by atoms with Crippen LogP contribution in [-0.2, 0) is 6.54 Å². The van der Waals surface area contributed by atoms with Crippen LogP contribution in [0.3, 0.4) is 0 Å². The number of hydrogen-bond acceptors (Lipinski definition) is 4. The van der Waals surface area contributed by atoms with Crippen LogP contribution in [0.4, 0.5) is 0 Å². The molecule has 0 radical (unpaired) electrons. The predicted octanol–water partition coefficient (Wildman–Crippen LogP) is 2.65. The van der Waals surface area contributed by atoms with Crippen molar-refractivity contribution in [3.63, 3.8) is 0 Å². The van der Waals surface area contributed by atoms with Crippen LogP contribution in [0, 0.1) is 5.41 Å². The Kier molecular flexibility index (Phi) is 5.12. The predicted molar refractivity (Wildman–Crippen MR) is 85.8 cm³/mol. The number of ether oxygens (including phenoxy) is 2. The smallest absolute Gasteiger partial charge is 0.166 e. The summed E-state index contributed by atoms with van der Waals surface area (Å²) >= 11 is 0. The molecule has 1 unspecified atom stereocenters. The normalized spacial score (nSPS) is 22.8. The average molecular weight is 292 g/mol. The molecule has 1 fully saturated rings. The molecule has 4 heteroatoms. The Hall–Kier alpha value is -1.26. The maximum atomic E-state index is 5.98. The second kappa shape index (κ2) is 6.67. The van der Waals surface area contributed by atoms with Crippen molar-refractivity contribution < 1.29 is 9.47 Å². The van der Waals surface area contributed by atoms with E-state index in [4.69, 9.17) is 15.2 Å². The highest BCUT2D eigenvalue weighted by Gasteiger charge is 2.32. The molecule has 1 atom stereocenters. The Balaban J connectivity index is 2.16. The van der Waals surface area contributed by atoms with E-state index in [1.807, 2.05) is 26.0 Å². The van der Waals surface area contributed by atoms with E-state index in [1.54, 1.807) is 7.11 Å². The van der Waals surface area contributed by atoms with Gasteiger partial charge in [-0.15, -0.1) is 0 Å². The monoisotopic (exact) mass is 292 g/mol. The molecule has 4 nitrogen and oxygen atoms in total. The Morgan fingerprint density at radius 1 is 1.38 bits per heavy atom. The highest BCUT2D eigenvalue weighted by atomic mass is 16.5. The first-order valence-corrected chi connectivity index (χ1v) is 7.72. The number of methoxy groups -OCH3 is 1. The number of likely N-dealkylation sites (tertiary alicyclic amines) is 1. The molecule has 1 aromatic carbocycles. The first-order valence-electron chi connectivity index (χ1n) is 7.72. The molecule has 0 aliphatic carbocycles. The van der Waals surface area contributed by atoms with Gasteiger partial charge in [-0.3, -0.25) is 4.90 Å². The summed E-state index contributed by atoms with van der Waals surface area (Å²) in [5.41, 5.74) is 7.33. The zero-order valence-electron chi connectivity index (χ0n) is 13.7. The van der Waals surface area contributed by atoms with Gasteiger partial charge in [-0.05, 0) is 44.8 Å². The van der Waals surface area contributed by atoms with Gasteiger partial charge in [0.25, 0.3) is 0 Å². The molecular formula is C17H28N2O2. The van der Waals surface area contributed by atoms with Gasteiger partial charge in [0.05, 0.1) is 13.2 Å². The molecular weight excluding hydrogens is 264 g/mol. The third kappa shape index (κ3) is 3.89. The van der Waals surface area contributed by atoms with Crippen molar-refractivity contribution in [1.29, 1.82) is 0 Å². The average Bonchev–Trinajstić information content (AvgIpc) is 2.82. The van der Waals surface area contributed by atoms with E-state index in [0.29, 0.717) is 0 Å². The highest BCUT2D eigenvalue weighted by molar-refractivity contribution is 5.46. The zero-order chi connectivity index (χ0) is 15.5. The third-order valence-corrected chi connectivity index (χ3v) is 4.16. The lowest BCUT2D eigenvalue weighted by molar-refractivity contribution is 0.219. The highest BCUT2D eigenvalue weighted by Crippen LogP contribution is 2.35. The van der Waals surface area contributed by atoms with Gasteiger partial charge in [0.15, 0.2) is 11.5 Å². The molecule has 118 valence electrons. The lowest BCUT2D eigenvalue weighted by Gasteiger charge is -2.24. The van der Waals surface area contributed by atoms with Gasteiger partial charge in [0.2, 0.25) is 0 Å². The topological polar surface area (TPSA) is 47.7 Å². The van der Waals surface area contributed by atoms with Crippen LogP contribution in [0.15, 0.2) is 18.2 Å². The lowest BCUT2D eigenvalue weighted by Crippen LogP contribution is -2.31. The number of nitrogens with zero attached hydrogens (tertiary/aromatic N) is 1. The van der Waals surface area contributed by atoms with Crippen LogP contribution in [0.1, 0.15) is 32.8 Å². The molecule has 1 saturated heterocycles. The summed E-state index contributed by atoms with van der Waals surface area (Å²) in [6.07, 6.45) is 1.29. The van der Waals surface area contributed by atoms with Gasteiger partial charge in [-0.1, -0.05) is 19.1 Å². The maximum Gasteiger partial charge on any atom is 0.166 e. The fourth-order valence-corrected chi connectivity index (χ4v) is 2.88. The van der Waals surface area contributed by atoms with Crippen LogP contribution in [0.25, 0.3) is 0 Å². The van der Waals surface area contributed by atoms with Crippen LogP contribution >= 0.6 is 0 Å². The van der Waals surface area contributed by atoms with E-state index < -0.39 is 0 Å². The van der Waals surface area contributed by atoms with Crippen molar-refractivity contribution >= 4 is 0 Å². The Bertz CT molecular complexity index is 476. The quantitative estimate of drug-likeness (QED) is 0.875. The van der Waals surface area contributed by atoms with Gasteiger partial charge in [-0.25, -0.2) is 0 Å². The van der Waals surface area contributed by atoms with E-state index >= 15 is 0 Å². The first kappa shape index (κ1) is 16.1. The standard InChI is InChI=1S/C17H28N2O2/c1-13(2)21-16-14(6-5-7-15(16)20-4)10-19-9-8-17(3,11-18)12-19/h5-7,13H,8-12,18H2,1-4H3. The molecule has 2 N–H and O–H groups in total. The van der Waals surface area contributed by atoms with Crippen LogP contribution in [-0.4, -0.2) is 37.7 Å². The van der Waals surface area contributed by atoms with Crippen LogP contribution < -0.4 is 15.2 Å². The Labute approximate surface area is 128 Å². The summed E-state index contributed by atoms with van der Waals surface area (Å²) in [7, 11) is 1.69. The molecule has 2 rings (SSSR count). The van der Waals surface area contributed by atoms with Gasteiger partial charge < -0.3 is 15.2 Å². The summed E-state index contributed by atoms with van der Waals surface area (Å²) in [5.74, 6) is 1.68. The fraction of sp³-hybridized carbons (Fsp3) is 0.647. The Morgan fingerprint density at radius 3 is 2.71 bits per heavy atom. The summed E-state index contributed by atoms with van der Waals surface area (Å²) in [6, 6.07) is 6.10. The summed E-state index contributed by atoms with van der Waals surface area (Å²) < 4.78 is 11.4. The summed E-state index contributed by atoms with van der Waals surface area (Å²) in [6.45, 7) is 10.1. The molecule has 1 aliphatic heterocycles. The van der Waals surface area contributed by atoms with E-state index in [9.17, 15) is 0 Å². The minimum absolute atomic E-state index is 0.132. The molecule has 1 heterocycles. The lowest BCUT2D eigenvalue weighted by atomic mass is 9.90. The molecule has 1 aliphatic rings. The first-order chi connectivity index (χ1) is 9.97. The van der Waals surface area contributed by atoms with Gasteiger partial charge >= 0.3 is 0 Å². The molecule has 0 amide bonds. The number of benzene rings is 1. The van der Waals surface area contributed by atoms with Crippen LogP contribution in [0.2, 0.25) is 0 Å². The van der Waals surface area contributed by atoms with Crippen molar-refractivity contribution in [2.24, 2.45) is 11.1 Å². The van der Waals surface area contributed by atoms with Crippen molar-refractivity contribution in [3.8, 4) is 11.5 Å². The second-order valence-electron chi connectivity index (χ2n) is 6.59. The number of rotatable bonds is 6. The molecule has 0 saturated carbocycles. The van der Waals surface area contributed by atoms with Crippen molar-refractivity contribution in [1.82, 2.24) is 4.90 Å². The van der Waals surface area contributed by atoms with E-state index in [0.717, 1.165) is 44.1 Å². The molecule has 0 aromatic heterocycles. The van der Waals surface area contributed by atoms with Crippen molar-refractivity contribution in [2.45, 2.75) is 39.8 Å². The molecule has 0 spiro atoms. The molecule has 21 heavy (non-hydrogen) atoms. The maximum absolute atomic E-state index is 5.98. The summed E-state index contributed by atoms with van der Waals surface area (Å²) in [5, 5.41) is 0. The van der Waals surface area contributed by atoms with Crippen molar-refractivity contribution in [3.05, 3.63) is 23.8 Å². The Morgan fingerprint density at radius 2 is 2.14 bits per heavy atom. The number of para-hydroxylation sites is 1. The fourth-order valence-electron chi connectivity index (χ4n) is 2.88. The van der Waals surface area contributed by atoms with Gasteiger partial charge in [0.1, 0.15) is 0 Å². The van der Waals surface area contributed by atoms with Gasteiger partial charge in [0, 0.05) is 18.7 Å². The SMILES string of the molecule is COc1cccc(CN2CCC(C)(CN)C2)c1OC(C)C. The van der Waals surface area contributed by atoms with E-state index in [1.165, 1.54) is 5.56 Å². The zero-order valence-corrected chi connectivity index (χ0v) is 13.7. The number of hydrogen-bond donors (Lipinski definition) is 1. The molecule has 1 aromatic rings. The third-order valence-electron chi connectivity index (χ3n) is 4.16. The molecule has 0 bridgehead atoms. The second-order valence-corrected chi connectivity index (χ2v) is 6.59. The van der Waals surface area contributed by atoms with Crippen molar-refractivity contribution in [2.75, 3.05) is 26.7 Å². The van der Waals surface area contributed by atoms with Gasteiger partial charge in [-0.2, -0.15) is 0 Å². The largest absolute Gasteiger partial charge is 0.493 e. The van der Waals surface area contributed by atoms with Crippen LogP contribution in [0.5, 0.6) is 11.5 Å². The summed E-state index contributed by atoms with van der Waals surface area (Å²) in [4.78, 5) is 2.45. The minimum atomic E-state index is 0.132. The van der Waals surface area contributed by atoms with E-state index in [-0.39, 0.29) is 11.5 Å².